The first kappa shape index (κ1) is 22.0. The lowest BCUT2D eigenvalue weighted by atomic mass is 10.1. The standard InChI is InChI=1S/C23H26N4O4S/c1-16-12-17(2)27(25-16)15-18-6-5-7-19(13-18)23(29)24-21-14-20(8-9-22(21)28)32(30,31)26-10-3-4-11-26/h5-9,12-14,28H,3-4,10-11,15H2,1-2H3,(H,24,29). The molecule has 0 spiro atoms. The Kier molecular flexibility index (Phi) is 6.03. The maximum Gasteiger partial charge on any atom is 0.255 e. The summed E-state index contributed by atoms with van der Waals surface area (Å²) < 4.78 is 28.9. The van der Waals surface area contributed by atoms with Crippen LogP contribution in [0.4, 0.5) is 5.69 Å². The lowest BCUT2D eigenvalue weighted by Gasteiger charge is -2.17. The van der Waals surface area contributed by atoms with Crippen LogP contribution in [0.3, 0.4) is 0 Å². The number of phenols is 1. The zero-order valence-corrected chi connectivity index (χ0v) is 18.9. The Morgan fingerprint density at radius 3 is 2.53 bits per heavy atom. The van der Waals surface area contributed by atoms with Crippen LogP contribution < -0.4 is 5.32 Å². The summed E-state index contributed by atoms with van der Waals surface area (Å²) in [5, 5.41) is 17.3. The van der Waals surface area contributed by atoms with Crippen molar-refractivity contribution in [1.29, 1.82) is 0 Å². The third-order valence-electron chi connectivity index (χ3n) is 5.54. The minimum atomic E-state index is -3.66. The Balaban J connectivity index is 1.54. The van der Waals surface area contributed by atoms with Crippen LogP contribution in [0.15, 0.2) is 53.4 Å². The van der Waals surface area contributed by atoms with Crippen LogP contribution in [-0.2, 0) is 16.6 Å². The first-order valence-electron chi connectivity index (χ1n) is 10.5. The molecule has 4 rings (SSSR count). The number of sulfonamides is 1. The molecule has 0 saturated carbocycles. The van der Waals surface area contributed by atoms with Gasteiger partial charge in [-0.25, -0.2) is 8.42 Å². The van der Waals surface area contributed by atoms with Crippen LogP contribution in [0, 0.1) is 13.8 Å². The molecule has 0 radical (unpaired) electrons. The van der Waals surface area contributed by atoms with Crippen molar-refractivity contribution in [1.82, 2.24) is 14.1 Å². The van der Waals surface area contributed by atoms with Gasteiger partial charge in [0.1, 0.15) is 5.75 Å². The maximum atomic E-state index is 12.9. The highest BCUT2D eigenvalue weighted by atomic mass is 32.2. The molecule has 9 heteroatoms. The van der Waals surface area contributed by atoms with E-state index in [0.717, 1.165) is 29.8 Å². The first-order valence-corrected chi connectivity index (χ1v) is 11.9. The number of amides is 1. The van der Waals surface area contributed by atoms with Crippen molar-refractivity contribution in [3.8, 4) is 5.75 Å². The monoisotopic (exact) mass is 454 g/mol. The molecule has 2 N–H and O–H groups in total. The van der Waals surface area contributed by atoms with Crippen molar-refractivity contribution in [3.05, 3.63) is 71.0 Å². The average molecular weight is 455 g/mol. The van der Waals surface area contributed by atoms with Crippen LogP contribution >= 0.6 is 0 Å². The van der Waals surface area contributed by atoms with Gasteiger partial charge in [0, 0.05) is 24.3 Å². The number of hydrogen-bond donors (Lipinski definition) is 2. The number of nitrogens with zero attached hydrogens (tertiary/aromatic N) is 3. The van der Waals surface area contributed by atoms with E-state index in [1.165, 1.54) is 22.5 Å². The Morgan fingerprint density at radius 2 is 1.84 bits per heavy atom. The van der Waals surface area contributed by atoms with Gasteiger partial charge in [0.2, 0.25) is 10.0 Å². The fourth-order valence-corrected chi connectivity index (χ4v) is 5.41. The number of carbonyl (C=O) groups excluding carboxylic acids is 1. The number of hydrogen-bond acceptors (Lipinski definition) is 5. The molecule has 1 saturated heterocycles. The van der Waals surface area contributed by atoms with E-state index < -0.39 is 15.9 Å². The molecule has 0 unspecified atom stereocenters. The van der Waals surface area contributed by atoms with Crippen molar-refractivity contribution < 1.29 is 18.3 Å². The van der Waals surface area contributed by atoms with Crippen LogP contribution in [0.2, 0.25) is 0 Å². The molecular formula is C23H26N4O4S. The molecule has 2 aromatic carbocycles. The second-order valence-electron chi connectivity index (χ2n) is 8.03. The summed E-state index contributed by atoms with van der Waals surface area (Å²) in [6, 6.07) is 13.1. The Hall–Kier alpha value is -3.17. The minimum Gasteiger partial charge on any atom is -0.506 e. The van der Waals surface area contributed by atoms with Crippen molar-refractivity contribution >= 4 is 21.6 Å². The van der Waals surface area contributed by atoms with Crippen LogP contribution in [0.25, 0.3) is 0 Å². The maximum absolute atomic E-state index is 12.9. The normalized spacial score (nSPS) is 14.6. The van der Waals surface area contributed by atoms with E-state index in [0.29, 0.717) is 25.2 Å². The molecule has 1 fully saturated rings. The van der Waals surface area contributed by atoms with Gasteiger partial charge in [-0.15, -0.1) is 0 Å². The fourth-order valence-electron chi connectivity index (χ4n) is 3.87. The van der Waals surface area contributed by atoms with Gasteiger partial charge in [0.15, 0.2) is 0 Å². The number of nitrogens with one attached hydrogen (secondary N) is 1. The number of carbonyl (C=O) groups is 1. The highest BCUT2D eigenvalue weighted by Gasteiger charge is 2.28. The number of rotatable bonds is 6. The Labute approximate surface area is 187 Å². The summed E-state index contributed by atoms with van der Waals surface area (Å²) in [7, 11) is -3.66. The molecule has 3 aromatic rings. The van der Waals surface area contributed by atoms with Gasteiger partial charge in [-0.1, -0.05) is 12.1 Å². The predicted octanol–water partition coefficient (Wildman–Crippen LogP) is 3.29. The van der Waals surface area contributed by atoms with Gasteiger partial charge in [-0.2, -0.15) is 9.40 Å². The summed E-state index contributed by atoms with van der Waals surface area (Å²) in [6.45, 7) is 5.38. The molecule has 168 valence electrons. The van der Waals surface area contributed by atoms with E-state index in [1.807, 2.05) is 30.7 Å². The van der Waals surface area contributed by atoms with E-state index in [2.05, 4.69) is 10.4 Å². The lowest BCUT2D eigenvalue weighted by molar-refractivity contribution is 0.102. The number of phenolic OH excluding ortho intramolecular Hbond substituents is 1. The lowest BCUT2D eigenvalue weighted by Crippen LogP contribution is -2.28. The van der Waals surface area contributed by atoms with E-state index in [-0.39, 0.29) is 16.3 Å². The highest BCUT2D eigenvalue weighted by Crippen LogP contribution is 2.29. The van der Waals surface area contributed by atoms with Crippen LogP contribution in [0.5, 0.6) is 5.75 Å². The quantitative estimate of drug-likeness (QED) is 0.556. The molecule has 8 nitrogen and oxygen atoms in total. The molecule has 1 amide bonds. The first-order chi connectivity index (χ1) is 15.2. The van der Waals surface area contributed by atoms with Crippen molar-refractivity contribution in [2.24, 2.45) is 0 Å². The van der Waals surface area contributed by atoms with Crippen molar-refractivity contribution in [3.63, 3.8) is 0 Å². The molecule has 0 atom stereocenters. The molecule has 2 heterocycles. The zero-order chi connectivity index (χ0) is 22.9. The Bertz CT molecular complexity index is 1260. The second-order valence-corrected chi connectivity index (χ2v) is 9.97. The largest absolute Gasteiger partial charge is 0.506 e. The summed E-state index contributed by atoms with van der Waals surface area (Å²) >= 11 is 0. The molecule has 1 aliphatic heterocycles. The topological polar surface area (TPSA) is 105 Å². The highest BCUT2D eigenvalue weighted by molar-refractivity contribution is 7.89. The average Bonchev–Trinajstić information content (AvgIpc) is 3.40. The smallest absolute Gasteiger partial charge is 0.255 e. The van der Waals surface area contributed by atoms with E-state index in [4.69, 9.17) is 0 Å². The Morgan fingerprint density at radius 1 is 1.09 bits per heavy atom. The molecule has 0 aliphatic carbocycles. The third-order valence-corrected chi connectivity index (χ3v) is 7.44. The SMILES string of the molecule is Cc1cc(C)n(Cc2cccc(C(=O)Nc3cc(S(=O)(=O)N4CCCC4)ccc3O)c2)n1. The number of aryl methyl sites for hydroxylation is 2. The second kappa shape index (κ2) is 8.76. The van der Waals surface area contributed by atoms with Crippen LogP contribution in [0.1, 0.15) is 40.2 Å². The van der Waals surface area contributed by atoms with E-state index >= 15 is 0 Å². The molecule has 0 bridgehead atoms. The van der Waals surface area contributed by atoms with Gasteiger partial charge in [0.05, 0.1) is 22.8 Å². The van der Waals surface area contributed by atoms with Gasteiger partial charge >= 0.3 is 0 Å². The van der Waals surface area contributed by atoms with Gasteiger partial charge in [-0.05, 0) is 68.7 Å². The van der Waals surface area contributed by atoms with E-state index in [9.17, 15) is 18.3 Å². The predicted molar refractivity (Wildman–Crippen MR) is 121 cm³/mol. The molecule has 32 heavy (non-hydrogen) atoms. The number of aromatic nitrogens is 2. The number of anilines is 1. The minimum absolute atomic E-state index is 0.0470. The summed E-state index contributed by atoms with van der Waals surface area (Å²) in [4.78, 5) is 12.9. The van der Waals surface area contributed by atoms with Crippen molar-refractivity contribution in [2.45, 2.75) is 38.1 Å². The van der Waals surface area contributed by atoms with Gasteiger partial charge in [-0.3, -0.25) is 9.48 Å². The summed E-state index contributed by atoms with van der Waals surface area (Å²) in [5.74, 6) is -0.635. The van der Waals surface area contributed by atoms with Gasteiger partial charge in [0.25, 0.3) is 5.91 Å². The number of benzene rings is 2. The van der Waals surface area contributed by atoms with Crippen LogP contribution in [-0.4, -0.2) is 46.6 Å². The molecule has 1 aromatic heterocycles. The summed E-state index contributed by atoms with van der Waals surface area (Å²) in [5.41, 5.74) is 3.31. The van der Waals surface area contributed by atoms with E-state index in [1.54, 1.807) is 18.2 Å². The third kappa shape index (κ3) is 4.53. The molecule has 1 aliphatic rings. The number of aromatic hydroxyl groups is 1. The van der Waals surface area contributed by atoms with Crippen molar-refractivity contribution in [2.75, 3.05) is 18.4 Å². The fraction of sp³-hybridized carbons (Fsp3) is 0.304. The summed E-state index contributed by atoms with van der Waals surface area (Å²) in [6.07, 6.45) is 1.66. The zero-order valence-electron chi connectivity index (χ0n) is 18.1. The van der Waals surface area contributed by atoms with Gasteiger partial charge < -0.3 is 10.4 Å². The molecular weight excluding hydrogens is 428 g/mol.